The van der Waals surface area contributed by atoms with E-state index in [-0.39, 0.29) is 11.8 Å². The van der Waals surface area contributed by atoms with Crippen LogP contribution in [0.25, 0.3) is 0 Å². The van der Waals surface area contributed by atoms with E-state index < -0.39 is 5.54 Å². The van der Waals surface area contributed by atoms with Gasteiger partial charge in [0.1, 0.15) is 5.88 Å². The van der Waals surface area contributed by atoms with Crippen molar-refractivity contribution in [1.29, 1.82) is 0 Å². The molecule has 1 rings (SSSR count). The molecule has 1 aromatic carbocycles. The summed E-state index contributed by atoms with van der Waals surface area (Å²) in [6.45, 7) is 10.2. The number of halogens is 1. The molecule has 0 saturated heterocycles. The average molecular weight is 254 g/mol. The second kappa shape index (κ2) is 5.09. The molecule has 0 atom stereocenters. The van der Waals surface area contributed by atoms with Gasteiger partial charge in [-0.25, -0.2) is 0 Å². The summed E-state index contributed by atoms with van der Waals surface area (Å²) in [4.78, 5) is 11.4. The zero-order chi connectivity index (χ0) is 13.2. The zero-order valence-electron chi connectivity index (χ0n) is 11.1. The number of aryl methyl sites for hydroxylation is 3. The molecular weight excluding hydrogens is 234 g/mol. The fourth-order valence-electron chi connectivity index (χ4n) is 2.61. The number of rotatable bonds is 3. The number of hydrogen-bond acceptors (Lipinski definition) is 1. The SMILES string of the molecule is Cc1cc(C)c(C(C)(C)NC(=O)CCl)c(C)c1. The lowest BCUT2D eigenvalue weighted by Crippen LogP contribution is -2.42. The van der Waals surface area contributed by atoms with Gasteiger partial charge in [0.05, 0.1) is 5.54 Å². The molecule has 0 bridgehead atoms. The van der Waals surface area contributed by atoms with Crippen molar-refractivity contribution in [3.63, 3.8) is 0 Å². The van der Waals surface area contributed by atoms with Gasteiger partial charge >= 0.3 is 0 Å². The molecule has 0 radical (unpaired) electrons. The maximum absolute atomic E-state index is 11.4. The smallest absolute Gasteiger partial charge is 0.235 e. The van der Waals surface area contributed by atoms with Gasteiger partial charge in [-0.05, 0) is 51.3 Å². The fraction of sp³-hybridized carbons (Fsp3) is 0.500. The number of hydrogen-bond donors (Lipinski definition) is 1. The monoisotopic (exact) mass is 253 g/mol. The molecule has 0 aliphatic heterocycles. The average Bonchev–Trinajstić information content (AvgIpc) is 2.14. The molecule has 2 nitrogen and oxygen atoms in total. The van der Waals surface area contributed by atoms with E-state index in [4.69, 9.17) is 11.6 Å². The van der Waals surface area contributed by atoms with Crippen LogP contribution in [0.3, 0.4) is 0 Å². The van der Waals surface area contributed by atoms with E-state index in [1.807, 2.05) is 13.8 Å². The van der Waals surface area contributed by atoms with Crippen molar-refractivity contribution in [3.05, 3.63) is 34.4 Å². The van der Waals surface area contributed by atoms with Crippen molar-refractivity contribution in [2.75, 3.05) is 5.88 Å². The van der Waals surface area contributed by atoms with E-state index in [2.05, 4.69) is 38.2 Å². The molecule has 1 aromatic rings. The van der Waals surface area contributed by atoms with Crippen molar-refractivity contribution < 1.29 is 4.79 Å². The van der Waals surface area contributed by atoms with Crippen LogP contribution in [-0.2, 0) is 10.3 Å². The summed E-state index contributed by atoms with van der Waals surface area (Å²) in [7, 11) is 0. The highest BCUT2D eigenvalue weighted by atomic mass is 35.5. The third kappa shape index (κ3) is 3.22. The largest absolute Gasteiger partial charge is 0.346 e. The minimum absolute atomic E-state index is 0.00656. The predicted molar refractivity (Wildman–Crippen MR) is 72.5 cm³/mol. The van der Waals surface area contributed by atoms with E-state index in [9.17, 15) is 4.79 Å². The van der Waals surface area contributed by atoms with E-state index in [0.29, 0.717) is 0 Å². The Morgan fingerprint density at radius 2 is 1.71 bits per heavy atom. The maximum Gasteiger partial charge on any atom is 0.235 e. The highest BCUT2D eigenvalue weighted by Crippen LogP contribution is 2.28. The second-order valence-corrected chi connectivity index (χ2v) is 5.35. The Morgan fingerprint density at radius 1 is 1.24 bits per heavy atom. The maximum atomic E-state index is 11.4. The first-order chi connectivity index (χ1) is 7.77. The van der Waals surface area contributed by atoms with Crippen LogP contribution < -0.4 is 5.32 Å². The third-order valence-electron chi connectivity index (χ3n) is 2.88. The lowest BCUT2D eigenvalue weighted by molar-refractivity contribution is -0.120. The molecule has 0 aromatic heterocycles. The third-order valence-corrected chi connectivity index (χ3v) is 3.12. The molecule has 3 heteroatoms. The van der Waals surface area contributed by atoms with Crippen LogP contribution in [0, 0.1) is 20.8 Å². The minimum atomic E-state index is -0.395. The second-order valence-electron chi connectivity index (χ2n) is 5.08. The van der Waals surface area contributed by atoms with Crippen LogP contribution >= 0.6 is 11.6 Å². The van der Waals surface area contributed by atoms with Crippen molar-refractivity contribution in [2.24, 2.45) is 0 Å². The van der Waals surface area contributed by atoms with E-state index in [1.165, 1.54) is 22.3 Å². The number of carbonyl (C=O) groups is 1. The van der Waals surface area contributed by atoms with Crippen LogP contribution in [0.5, 0.6) is 0 Å². The summed E-state index contributed by atoms with van der Waals surface area (Å²) in [6, 6.07) is 4.27. The van der Waals surface area contributed by atoms with Gasteiger partial charge in [0.2, 0.25) is 5.91 Å². The molecule has 0 aliphatic rings. The van der Waals surface area contributed by atoms with Crippen LogP contribution in [0.4, 0.5) is 0 Å². The Balaban J connectivity index is 3.18. The molecule has 0 unspecified atom stereocenters. The number of alkyl halides is 1. The number of nitrogens with one attached hydrogen (secondary N) is 1. The minimum Gasteiger partial charge on any atom is -0.346 e. The van der Waals surface area contributed by atoms with Crippen molar-refractivity contribution in [3.8, 4) is 0 Å². The number of carbonyl (C=O) groups excluding carboxylic acids is 1. The van der Waals surface area contributed by atoms with Gasteiger partial charge in [-0.1, -0.05) is 17.7 Å². The Hall–Kier alpha value is -1.02. The van der Waals surface area contributed by atoms with Gasteiger partial charge < -0.3 is 5.32 Å². The Morgan fingerprint density at radius 3 is 2.12 bits per heavy atom. The standard InChI is InChI=1S/C14H20ClNO/c1-9-6-10(2)13(11(3)7-9)14(4,5)16-12(17)8-15/h6-7H,8H2,1-5H3,(H,16,17). The molecule has 0 saturated carbocycles. The normalized spacial score (nSPS) is 11.4. The first-order valence-corrected chi connectivity index (χ1v) is 6.26. The van der Waals surface area contributed by atoms with Crippen LogP contribution in [0.1, 0.15) is 36.1 Å². The molecule has 94 valence electrons. The Labute approximate surface area is 108 Å². The Bertz CT molecular complexity index is 415. The molecule has 17 heavy (non-hydrogen) atoms. The first kappa shape index (κ1) is 14.0. The summed E-state index contributed by atoms with van der Waals surface area (Å²) in [5.41, 5.74) is 4.41. The molecule has 0 heterocycles. The van der Waals surface area contributed by atoms with E-state index >= 15 is 0 Å². The summed E-state index contributed by atoms with van der Waals surface area (Å²) < 4.78 is 0. The van der Waals surface area contributed by atoms with Gasteiger partial charge in [-0.2, -0.15) is 0 Å². The Kier molecular flexibility index (Phi) is 4.21. The quantitative estimate of drug-likeness (QED) is 0.824. The van der Waals surface area contributed by atoms with Gasteiger partial charge in [-0.3, -0.25) is 4.79 Å². The van der Waals surface area contributed by atoms with Gasteiger partial charge in [0, 0.05) is 0 Å². The molecule has 1 N–H and O–H groups in total. The van der Waals surface area contributed by atoms with Crippen LogP contribution in [0.2, 0.25) is 0 Å². The van der Waals surface area contributed by atoms with Gasteiger partial charge in [0.25, 0.3) is 0 Å². The molecule has 0 spiro atoms. The highest BCUT2D eigenvalue weighted by molar-refractivity contribution is 6.27. The summed E-state index contributed by atoms with van der Waals surface area (Å²) in [6.07, 6.45) is 0. The zero-order valence-corrected chi connectivity index (χ0v) is 11.9. The molecule has 1 amide bonds. The van der Waals surface area contributed by atoms with E-state index in [0.717, 1.165) is 0 Å². The van der Waals surface area contributed by atoms with E-state index in [1.54, 1.807) is 0 Å². The highest BCUT2D eigenvalue weighted by Gasteiger charge is 2.26. The van der Waals surface area contributed by atoms with Crippen molar-refractivity contribution in [2.45, 2.75) is 40.2 Å². The van der Waals surface area contributed by atoms with Crippen LogP contribution in [0.15, 0.2) is 12.1 Å². The lowest BCUT2D eigenvalue weighted by Gasteiger charge is -2.30. The summed E-state index contributed by atoms with van der Waals surface area (Å²) >= 11 is 5.54. The molecule has 0 fully saturated rings. The summed E-state index contributed by atoms with van der Waals surface area (Å²) in [5, 5.41) is 2.95. The molecular formula is C14H20ClNO. The first-order valence-electron chi connectivity index (χ1n) is 5.73. The topological polar surface area (TPSA) is 29.1 Å². The van der Waals surface area contributed by atoms with Gasteiger partial charge in [-0.15, -0.1) is 11.6 Å². The molecule has 0 aliphatic carbocycles. The van der Waals surface area contributed by atoms with Crippen molar-refractivity contribution in [1.82, 2.24) is 5.32 Å². The van der Waals surface area contributed by atoms with Gasteiger partial charge in [0.15, 0.2) is 0 Å². The fourth-order valence-corrected chi connectivity index (χ4v) is 2.68. The summed E-state index contributed by atoms with van der Waals surface area (Å²) in [5.74, 6) is -0.149. The number of amides is 1. The van der Waals surface area contributed by atoms with Crippen LogP contribution in [-0.4, -0.2) is 11.8 Å². The lowest BCUT2D eigenvalue weighted by atomic mass is 9.85. The predicted octanol–water partition coefficient (Wildman–Crippen LogP) is 3.20. The van der Waals surface area contributed by atoms with Crippen molar-refractivity contribution >= 4 is 17.5 Å². The number of benzene rings is 1.